The molecule has 3 aromatic carbocycles. The predicted octanol–water partition coefficient (Wildman–Crippen LogP) is 5.66. The van der Waals surface area contributed by atoms with Gasteiger partial charge in [-0.05, 0) is 66.8 Å². The third-order valence-corrected chi connectivity index (χ3v) is 6.03. The summed E-state index contributed by atoms with van der Waals surface area (Å²) in [4.78, 5) is 46.6. The second-order valence-corrected chi connectivity index (χ2v) is 10.6. The molecule has 4 rings (SSSR count). The van der Waals surface area contributed by atoms with Gasteiger partial charge >= 0.3 is 5.97 Å². The van der Waals surface area contributed by atoms with Crippen LogP contribution >= 0.6 is 0 Å². The summed E-state index contributed by atoms with van der Waals surface area (Å²) in [5.74, 6) is -0.433. The number of nitrogens with zero attached hydrogens (tertiary/aromatic N) is 1. The first kappa shape index (κ1) is 26.6. The number of aryl methyl sites for hydroxylation is 2. The smallest absolute Gasteiger partial charge is 0.338 e. The predicted molar refractivity (Wildman–Crippen MR) is 149 cm³/mol. The van der Waals surface area contributed by atoms with Gasteiger partial charge in [0.15, 0.2) is 0 Å². The Kier molecular flexibility index (Phi) is 7.35. The van der Waals surface area contributed by atoms with E-state index in [2.05, 4.69) is 20.6 Å². The van der Waals surface area contributed by atoms with E-state index >= 15 is 0 Å². The largest absolute Gasteiger partial charge is 0.465 e. The number of esters is 1. The van der Waals surface area contributed by atoms with Gasteiger partial charge in [-0.25, -0.2) is 9.78 Å². The Balaban J connectivity index is 1.72. The van der Waals surface area contributed by atoms with Crippen LogP contribution in [-0.2, 0) is 4.74 Å². The highest BCUT2D eigenvalue weighted by Gasteiger charge is 2.22. The van der Waals surface area contributed by atoms with Gasteiger partial charge in [-0.15, -0.1) is 0 Å². The topological polar surface area (TPSA) is 113 Å². The van der Waals surface area contributed by atoms with Crippen molar-refractivity contribution in [1.82, 2.24) is 15.3 Å². The SMILES string of the molecule is COC(=O)c1cc(C(=O)NCC(C)(C)C)ccc1-c1ccc(C)cc1C(=O)Nc1ccc2nc(C)[nH]c2c1. The van der Waals surface area contributed by atoms with E-state index in [1.165, 1.54) is 13.2 Å². The molecule has 4 aromatic rings. The van der Waals surface area contributed by atoms with Crippen LogP contribution in [0.4, 0.5) is 5.69 Å². The van der Waals surface area contributed by atoms with Crippen LogP contribution in [0.5, 0.6) is 0 Å². The molecule has 3 N–H and O–H groups in total. The molecule has 1 aromatic heterocycles. The summed E-state index contributed by atoms with van der Waals surface area (Å²) in [7, 11) is 1.29. The number of benzene rings is 3. The van der Waals surface area contributed by atoms with E-state index in [-0.39, 0.29) is 22.8 Å². The monoisotopic (exact) mass is 512 g/mol. The highest BCUT2D eigenvalue weighted by molar-refractivity contribution is 6.11. The molecule has 0 saturated carbocycles. The number of carbonyl (C=O) groups is 3. The molecule has 0 radical (unpaired) electrons. The maximum Gasteiger partial charge on any atom is 0.338 e. The molecule has 0 aliphatic heterocycles. The van der Waals surface area contributed by atoms with Crippen molar-refractivity contribution in [1.29, 1.82) is 0 Å². The Labute approximate surface area is 221 Å². The third kappa shape index (κ3) is 5.91. The molecule has 0 fully saturated rings. The number of methoxy groups -OCH3 is 1. The van der Waals surface area contributed by atoms with Crippen molar-refractivity contribution in [3.63, 3.8) is 0 Å². The van der Waals surface area contributed by atoms with E-state index in [1.807, 2.05) is 52.8 Å². The highest BCUT2D eigenvalue weighted by Crippen LogP contribution is 2.31. The number of anilines is 1. The van der Waals surface area contributed by atoms with Gasteiger partial charge in [-0.3, -0.25) is 9.59 Å². The molecule has 0 aliphatic rings. The van der Waals surface area contributed by atoms with Crippen molar-refractivity contribution in [2.24, 2.45) is 5.41 Å². The van der Waals surface area contributed by atoms with E-state index in [4.69, 9.17) is 4.74 Å². The summed E-state index contributed by atoms with van der Waals surface area (Å²) in [6.07, 6.45) is 0. The van der Waals surface area contributed by atoms with E-state index < -0.39 is 5.97 Å². The second kappa shape index (κ2) is 10.5. The van der Waals surface area contributed by atoms with Crippen LogP contribution in [0, 0.1) is 19.3 Å². The average Bonchev–Trinajstić information content (AvgIpc) is 3.25. The Morgan fingerprint density at radius 1 is 0.895 bits per heavy atom. The van der Waals surface area contributed by atoms with Crippen molar-refractivity contribution < 1.29 is 19.1 Å². The summed E-state index contributed by atoms with van der Waals surface area (Å²) < 4.78 is 5.03. The Morgan fingerprint density at radius 3 is 2.32 bits per heavy atom. The number of rotatable bonds is 6. The number of hydrogen-bond acceptors (Lipinski definition) is 5. The van der Waals surface area contributed by atoms with E-state index in [0.717, 1.165) is 22.4 Å². The Bertz CT molecular complexity index is 1550. The van der Waals surface area contributed by atoms with Crippen molar-refractivity contribution in [3.05, 3.63) is 82.7 Å². The van der Waals surface area contributed by atoms with Crippen molar-refractivity contribution >= 4 is 34.5 Å². The van der Waals surface area contributed by atoms with Crippen LogP contribution in [0.3, 0.4) is 0 Å². The average molecular weight is 513 g/mol. The minimum Gasteiger partial charge on any atom is -0.465 e. The van der Waals surface area contributed by atoms with Gasteiger partial charge in [-0.2, -0.15) is 0 Å². The molecule has 0 bridgehead atoms. The molecule has 0 unspecified atom stereocenters. The lowest BCUT2D eigenvalue weighted by molar-refractivity contribution is 0.0601. The van der Waals surface area contributed by atoms with E-state index in [9.17, 15) is 14.4 Å². The van der Waals surface area contributed by atoms with Gasteiger partial charge in [0.1, 0.15) is 5.82 Å². The number of hydrogen-bond donors (Lipinski definition) is 3. The van der Waals surface area contributed by atoms with Crippen LogP contribution in [-0.4, -0.2) is 41.4 Å². The van der Waals surface area contributed by atoms with Crippen LogP contribution in [0.25, 0.3) is 22.2 Å². The molecule has 8 heteroatoms. The lowest BCUT2D eigenvalue weighted by Gasteiger charge is -2.19. The zero-order valence-electron chi connectivity index (χ0n) is 22.5. The van der Waals surface area contributed by atoms with Gasteiger partial charge in [0.2, 0.25) is 0 Å². The second-order valence-electron chi connectivity index (χ2n) is 10.6. The minimum atomic E-state index is -0.600. The van der Waals surface area contributed by atoms with Gasteiger partial charge in [0, 0.05) is 23.4 Å². The summed E-state index contributed by atoms with van der Waals surface area (Å²) >= 11 is 0. The molecule has 8 nitrogen and oxygen atoms in total. The van der Waals surface area contributed by atoms with Crippen molar-refractivity contribution in [2.75, 3.05) is 19.0 Å². The lowest BCUT2D eigenvalue weighted by Crippen LogP contribution is -2.32. The molecule has 0 atom stereocenters. The molecule has 0 aliphatic carbocycles. The number of imidazole rings is 1. The number of carbonyl (C=O) groups excluding carboxylic acids is 3. The summed E-state index contributed by atoms with van der Waals surface area (Å²) in [5.41, 5.74) is 5.00. The number of H-pyrrole nitrogens is 1. The zero-order chi connectivity index (χ0) is 27.6. The highest BCUT2D eigenvalue weighted by atomic mass is 16.5. The summed E-state index contributed by atoms with van der Waals surface area (Å²) in [6.45, 7) is 10.3. The number of aromatic nitrogens is 2. The summed E-state index contributed by atoms with van der Waals surface area (Å²) in [5, 5.41) is 5.85. The van der Waals surface area contributed by atoms with Gasteiger partial charge < -0.3 is 20.4 Å². The first-order valence-electron chi connectivity index (χ1n) is 12.3. The minimum absolute atomic E-state index is 0.0916. The van der Waals surface area contributed by atoms with Crippen molar-refractivity contribution in [3.8, 4) is 11.1 Å². The maximum absolute atomic E-state index is 13.5. The number of fused-ring (bicyclic) bond motifs is 1. The van der Waals surface area contributed by atoms with Crippen LogP contribution < -0.4 is 10.6 Å². The van der Waals surface area contributed by atoms with E-state index in [1.54, 1.807) is 30.3 Å². The van der Waals surface area contributed by atoms with E-state index in [0.29, 0.717) is 34.5 Å². The molecule has 0 spiro atoms. The number of amides is 2. The number of ether oxygens (including phenoxy) is 1. The molecule has 196 valence electrons. The molecule has 0 saturated heterocycles. The molecular formula is C30H32N4O4. The van der Waals surface area contributed by atoms with Crippen LogP contribution in [0.2, 0.25) is 0 Å². The van der Waals surface area contributed by atoms with Crippen molar-refractivity contribution in [2.45, 2.75) is 34.6 Å². The van der Waals surface area contributed by atoms with Crippen LogP contribution in [0.15, 0.2) is 54.6 Å². The molecule has 1 heterocycles. The number of nitrogens with one attached hydrogen (secondary N) is 3. The fourth-order valence-electron chi connectivity index (χ4n) is 4.14. The third-order valence-electron chi connectivity index (χ3n) is 6.03. The number of aromatic amines is 1. The van der Waals surface area contributed by atoms with Gasteiger partial charge in [0.25, 0.3) is 11.8 Å². The van der Waals surface area contributed by atoms with Crippen LogP contribution in [0.1, 0.15) is 63.2 Å². The normalized spacial score (nSPS) is 11.3. The first-order valence-corrected chi connectivity index (χ1v) is 12.3. The fourth-order valence-corrected chi connectivity index (χ4v) is 4.14. The maximum atomic E-state index is 13.5. The Morgan fingerprint density at radius 2 is 1.61 bits per heavy atom. The standard InChI is InChI=1S/C30H32N4O4/c1-17-7-10-21(23(13-17)28(36)34-20-9-12-25-26(15-20)33-18(2)32-25)22-11-8-19(14-24(22)29(37)38-6)27(35)31-16-30(3,4)5/h7-15H,16H2,1-6H3,(H,31,35)(H,32,33)(H,34,36). The molecule has 2 amide bonds. The van der Waals surface area contributed by atoms with Gasteiger partial charge in [-0.1, -0.05) is 44.5 Å². The molecular weight excluding hydrogens is 480 g/mol. The molecule has 38 heavy (non-hydrogen) atoms. The summed E-state index contributed by atoms with van der Waals surface area (Å²) in [6, 6.07) is 15.7. The first-order chi connectivity index (χ1) is 17.9. The van der Waals surface area contributed by atoms with Gasteiger partial charge in [0.05, 0.1) is 23.7 Å². The zero-order valence-corrected chi connectivity index (χ0v) is 22.5. The lowest BCUT2D eigenvalue weighted by atomic mass is 9.92. The quantitative estimate of drug-likeness (QED) is 0.289. The fraction of sp³-hybridized carbons (Fsp3) is 0.267. The Hall–Kier alpha value is -4.46.